The van der Waals surface area contributed by atoms with Crippen LogP contribution in [0.4, 0.5) is 20.2 Å². The third-order valence-corrected chi connectivity index (χ3v) is 2.79. The summed E-state index contributed by atoms with van der Waals surface area (Å²) in [5, 5.41) is 5.63. The molecule has 0 unspecified atom stereocenters. The Hall–Kier alpha value is -2.14. The second kappa shape index (κ2) is 6.34. The number of rotatable bonds is 4. The van der Waals surface area contributed by atoms with Crippen LogP contribution in [0.2, 0.25) is 5.02 Å². The van der Waals surface area contributed by atoms with E-state index in [9.17, 15) is 13.6 Å². The summed E-state index contributed by atoms with van der Waals surface area (Å²) in [6.45, 7) is -0.131. The lowest BCUT2D eigenvalue weighted by Crippen LogP contribution is -2.22. The van der Waals surface area contributed by atoms with Gasteiger partial charge in [-0.15, -0.1) is 0 Å². The highest BCUT2D eigenvalue weighted by Gasteiger charge is 2.06. The van der Waals surface area contributed by atoms with E-state index in [0.29, 0.717) is 10.7 Å². The molecule has 0 aromatic heterocycles. The van der Waals surface area contributed by atoms with E-state index < -0.39 is 11.6 Å². The standard InChI is InChI=1S/C14H11ClF2N2O/c15-12-3-1-2-4-13(12)19-14(20)8-18-11-6-9(16)5-10(17)7-11/h1-7,18H,8H2,(H,19,20). The van der Waals surface area contributed by atoms with Gasteiger partial charge in [0.2, 0.25) is 5.91 Å². The van der Waals surface area contributed by atoms with E-state index in [-0.39, 0.29) is 18.1 Å². The minimum atomic E-state index is -0.709. The van der Waals surface area contributed by atoms with Crippen LogP contribution in [-0.2, 0) is 4.79 Å². The van der Waals surface area contributed by atoms with Gasteiger partial charge in [-0.25, -0.2) is 8.78 Å². The Morgan fingerprint density at radius 1 is 1.10 bits per heavy atom. The molecule has 0 bridgehead atoms. The first-order chi connectivity index (χ1) is 9.54. The number of nitrogens with one attached hydrogen (secondary N) is 2. The monoisotopic (exact) mass is 296 g/mol. The summed E-state index contributed by atoms with van der Waals surface area (Å²) in [7, 11) is 0. The molecule has 0 saturated heterocycles. The molecule has 0 atom stereocenters. The highest BCUT2D eigenvalue weighted by atomic mass is 35.5. The van der Waals surface area contributed by atoms with Crippen LogP contribution in [0.3, 0.4) is 0 Å². The molecule has 0 aliphatic heterocycles. The SMILES string of the molecule is O=C(CNc1cc(F)cc(F)c1)Nc1ccccc1Cl. The summed E-state index contributed by atoms with van der Waals surface area (Å²) in [5.41, 5.74) is 0.670. The highest BCUT2D eigenvalue weighted by molar-refractivity contribution is 6.33. The third-order valence-electron chi connectivity index (χ3n) is 2.46. The predicted molar refractivity (Wildman–Crippen MR) is 74.9 cm³/mol. The summed E-state index contributed by atoms with van der Waals surface area (Å²) in [5.74, 6) is -1.79. The number of para-hydroxylation sites is 1. The average molecular weight is 297 g/mol. The number of hydrogen-bond donors (Lipinski definition) is 2. The van der Waals surface area contributed by atoms with Crippen molar-refractivity contribution in [2.45, 2.75) is 0 Å². The molecular formula is C14H11ClF2N2O. The maximum absolute atomic E-state index is 13.0. The van der Waals surface area contributed by atoms with Gasteiger partial charge in [0.25, 0.3) is 0 Å². The third kappa shape index (κ3) is 3.93. The van der Waals surface area contributed by atoms with Gasteiger partial charge in [0, 0.05) is 11.8 Å². The second-order valence-corrected chi connectivity index (χ2v) is 4.45. The van der Waals surface area contributed by atoms with Crippen molar-refractivity contribution in [1.29, 1.82) is 0 Å². The van der Waals surface area contributed by atoms with Gasteiger partial charge in [0.1, 0.15) is 11.6 Å². The molecule has 0 saturated carbocycles. The Morgan fingerprint density at radius 2 is 1.75 bits per heavy atom. The molecule has 104 valence electrons. The molecule has 2 aromatic carbocycles. The van der Waals surface area contributed by atoms with Crippen LogP contribution >= 0.6 is 11.6 Å². The van der Waals surface area contributed by atoms with Crippen molar-refractivity contribution in [2.24, 2.45) is 0 Å². The number of halogens is 3. The predicted octanol–water partition coefficient (Wildman–Crippen LogP) is 3.67. The Balaban J connectivity index is 1.94. The molecule has 0 aliphatic carbocycles. The van der Waals surface area contributed by atoms with Gasteiger partial charge >= 0.3 is 0 Å². The van der Waals surface area contributed by atoms with E-state index in [1.807, 2.05) is 0 Å². The molecule has 0 aliphatic rings. The van der Waals surface area contributed by atoms with E-state index >= 15 is 0 Å². The van der Waals surface area contributed by atoms with Gasteiger partial charge in [-0.1, -0.05) is 23.7 Å². The first kappa shape index (κ1) is 14.3. The fraction of sp³-hybridized carbons (Fsp3) is 0.0714. The van der Waals surface area contributed by atoms with Crippen LogP contribution in [0.15, 0.2) is 42.5 Å². The summed E-state index contributed by atoms with van der Waals surface area (Å²) >= 11 is 5.89. The van der Waals surface area contributed by atoms with E-state index in [1.54, 1.807) is 24.3 Å². The average Bonchev–Trinajstić information content (AvgIpc) is 2.38. The van der Waals surface area contributed by atoms with Gasteiger partial charge < -0.3 is 10.6 Å². The highest BCUT2D eigenvalue weighted by Crippen LogP contribution is 2.20. The van der Waals surface area contributed by atoms with Crippen LogP contribution in [0.1, 0.15) is 0 Å². The van der Waals surface area contributed by atoms with Gasteiger partial charge in [0.15, 0.2) is 0 Å². The summed E-state index contributed by atoms with van der Waals surface area (Å²) in [4.78, 5) is 11.7. The van der Waals surface area contributed by atoms with Crippen LogP contribution in [0, 0.1) is 11.6 Å². The zero-order chi connectivity index (χ0) is 14.5. The van der Waals surface area contributed by atoms with E-state index in [4.69, 9.17) is 11.6 Å². The van der Waals surface area contributed by atoms with Crippen molar-refractivity contribution in [3.8, 4) is 0 Å². The fourth-order valence-corrected chi connectivity index (χ4v) is 1.78. The van der Waals surface area contributed by atoms with Crippen LogP contribution < -0.4 is 10.6 Å². The molecule has 2 N–H and O–H groups in total. The number of amides is 1. The lowest BCUT2D eigenvalue weighted by atomic mass is 10.3. The molecule has 3 nitrogen and oxygen atoms in total. The van der Waals surface area contributed by atoms with Crippen LogP contribution in [-0.4, -0.2) is 12.5 Å². The van der Waals surface area contributed by atoms with Gasteiger partial charge in [0.05, 0.1) is 17.3 Å². The minimum absolute atomic E-state index is 0.131. The van der Waals surface area contributed by atoms with E-state index in [0.717, 1.165) is 18.2 Å². The summed E-state index contributed by atoms with van der Waals surface area (Å²) in [6, 6.07) is 9.74. The molecule has 1 amide bonds. The molecule has 2 rings (SSSR count). The Labute approximate surface area is 119 Å². The largest absolute Gasteiger partial charge is 0.376 e. The topological polar surface area (TPSA) is 41.1 Å². The number of anilines is 2. The zero-order valence-electron chi connectivity index (χ0n) is 10.3. The lowest BCUT2D eigenvalue weighted by Gasteiger charge is -2.09. The van der Waals surface area contributed by atoms with Crippen molar-refractivity contribution < 1.29 is 13.6 Å². The van der Waals surface area contributed by atoms with Gasteiger partial charge in [-0.3, -0.25) is 4.79 Å². The van der Waals surface area contributed by atoms with Crippen LogP contribution in [0.25, 0.3) is 0 Å². The summed E-state index contributed by atoms with van der Waals surface area (Å²) < 4.78 is 25.9. The normalized spacial score (nSPS) is 10.2. The molecule has 0 spiro atoms. The molecule has 0 heterocycles. The zero-order valence-corrected chi connectivity index (χ0v) is 11.0. The van der Waals surface area contributed by atoms with Crippen molar-refractivity contribution in [2.75, 3.05) is 17.2 Å². The quantitative estimate of drug-likeness (QED) is 0.904. The van der Waals surface area contributed by atoms with Gasteiger partial charge in [-0.05, 0) is 24.3 Å². The van der Waals surface area contributed by atoms with Crippen molar-refractivity contribution in [3.63, 3.8) is 0 Å². The molecule has 0 fully saturated rings. The lowest BCUT2D eigenvalue weighted by molar-refractivity contribution is -0.114. The first-order valence-electron chi connectivity index (χ1n) is 5.79. The molecule has 0 radical (unpaired) electrons. The summed E-state index contributed by atoms with van der Waals surface area (Å²) in [6.07, 6.45) is 0. The van der Waals surface area contributed by atoms with Crippen molar-refractivity contribution in [3.05, 3.63) is 59.1 Å². The molecular weight excluding hydrogens is 286 g/mol. The molecule has 6 heteroatoms. The van der Waals surface area contributed by atoms with E-state index in [1.165, 1.54) is 0 Å². The first-order valence-corrected chi connectivity index (χ1v) is 6.17. The number of benzene rings is 2. The van der Waals surface area contributed by atoms with Gasteiger partial charge in [-0.2, -0.15) is 0 Å². The Kier molecular flexibility index (Phi) is 4.53. The maximum Gasteiger partial charge on any atom is 0.243 e. The number of carbonyl (C=O) groups is 1. The van der Waals surface area contributed by atoms with Crippen molar-refractivity contribution >= 4 is 28.9 Å². The Bertz CT molecular complexity index is 614. The number of hydrogen-bond acceptors (Lipinski definition) is 2. The smallest absolute Gasteiger partial charge is 0.243 e. The minimum Gasteiger partial charge on any atom is -0.376 e. The Morgan fingerprint density at radius 3 is 2.40 bits per heavy atom. The molecule has 2 aromatic rings. The van der Waals surface area contributed by atoms with E-state index in [2.05, 4.69) is 10.6 Å². The maximum atomic E-state index is 13.0. The number of carbonyl (C=O) groups excluding carboxylic acids is 1. The second-order valence-electron chi connectivity index (χ2n) is 4.04. The van der Waals surface area contributed by atoms with Crippen molar-refractivity contribution in [1.82, 2.24) is 0 Å². The fourth-order valence-electron chi connectivity index (χ4n) is 1.60. The molecule has 20 heavy (non-hydrogen) atoms. The van der Waals surface area contributed by atoms with Crippen LogP contribution in [0.5, 0.6) is 0 Å².